The summed E-state index contributed by atoms with van der Waals surface area (Å²) in [6, 6.07) is 4.12. The van der Waals surface area contributed by atoms with Gasteiger partial charge in [-0.3, -0.25) is 0 Å². The molecule has 3 rings (SSSR count). The van der Waals surface area contributed by atoms with Crippen molar-refractivity contribution in [1.29, 1.82) is 0 Å². The van der Waals surface area contributed by atoms with Crippen molar-refractivity contribution in [2.24, 2.45) is 5.92 Å². The van der Waals surface area contributed by atoms with Crippen LogP contribution in [0.5, 0.6) is 11.5 Å². The van der Waals surface area contributed by atoms with Crippen molar-refractivity contribution >= 4 is 27.7 Å². The normalized spacial score (nSPS) is 18.5. The third-order valence-electron chi connectivity index (χ3n) is 3.19. The van der Waals surface area contributed by atoms with E-state index < -0.39 is 0 Å². The van der Waals surface area contributed by atoms with Crippen LogP contribution in [-0.4, -0.2) is 32.1 Å². The van der Waals surface area contributed by atoms with E-state index in [1.54, 1.807) is 0 Å². The first-order valence-electron chi connectivity index (χ1n) is 6.19. The molecule has 0 spiro atoms. The van der Waals surface area contributed by atoms with Gasteiger partial charge in [-0.05, 0) is 42.5 Å². The van der Waals surface area contributed by atoms with Gasteiger partial charge < -0.3 is 14.8 Å². The summed E-state index contributed by atoms with van der Waals surface area (Å²) >= 11 is 5.60. The Morgan fingerprint density at radius 2 is 1.94 bits per heavy atom. The summed E-state index contributed by atoms with van der Waals surface area (Å²) < 4.78 is 12.3. The fraction of sp³-hybridized carbons (Fsp3) is 0.538. The van der Waals surface area contributed by atoms with E-state index in [0.717, 1.165) is 27.6 Å². The maximum Gasteiger partial charge on any atom is 0.162 e. The number of rotatable bonds is 4. The number of ether oxygens (including phenoxy) is 2. The Bertz CT molecular complexity index is 437. The zero-order valence-corrected chi connectivity index (χ0v) is 12.5. The van der Waals surface area contributed by atoms with Gasteiger partial charge in [0.25, 0.3) is 0 Å². The molecule has 0 aromatic heterocycles. The summed E-state index contributed by atoms with van der Waals surface area (Å²) in [6.45, 7) is 3.64. The molecule has 98 valence electrons. The first-order chi connectivity index (χ1) is 8.83. The molecular weight excluding hydrogens is 314 g/mol. The number of benzene rings is 1. The Morgan fingerprint density at radius 1 is 1.22 bits per heavy atom. The van der Waals surface area contributed by atoms with E-state index in [-0.39, 0.29) is 0 Å². The molecule has 1 aromatic rings. The molecule has 0 unspecified atom stereocenters. The van der Waals surface area contributed by atoms with Crippen LogP contribution < -0.4 is 14.8 Å². The molecule has 1 fully saturated rings. The minimum Gasteiger partial charge on any atom is -0.486 e. The predicted octanol–water partition coefficient (Wildman–Crippen LogP) is 2.67. The number of hydrogen-bond donors (Lipinski definition) is 1. The standard InChI is InChI=1S/C13H16BrNO2S/c14-11-4-13-12(16-1-2-17-13)3-10(11)8-18-7-9-5-15-6-9/h3-4,9,15H,1-2,5-8H2. The monoisotopic (exact) mass is 329 g/mol. The lowest BCUT2D eigenvalue weighted by Crippen LogP contribution is -2.43. The first-order valence-corrected chi connectivity index (χ1v) is 8.14. The van der Waals surface area contributed by atoms with Crippen molar-refractivity contribution < 1.29 is 9.47 Å². The van der Waals surface area contributed by atoms with Crippen LogP contribution in [-0.2, 0) is 5.75 Å². The van der Waals surface area contributed by atoms with Gasteiger partial charge in [-0.1, -0.05) is 15.9 Å². The van der Waals surface area contributed by atoms with E-state index in [2.05, 4.69) is 27.3 Å². The maximum atomic E-state index is 5.61. The van der Waals surface area contributed by atoms with Crippen LogP contribution in [0.2, 0.25) is 0 Å². The molecule has 5 heteroatoms. The molecule has 1 saturated heterocycles. The minimum absolute atomic E-state index is 0.641. The van der Waals surface area contributed by atoms with Crippen molar-refractivity contribution in [1.82, 2.24) is 5.32 Å². The van der Waals surface area contributed by atoms with E-state index in [1.165, 1.54) is 24.4 Å². The smallest absolute Gasteiger partial charge is 0.162 e. The van der Waals surface area contributed by atoms with Crippen molar-refractivity contribution in [3.8, 4) is 11.5 Å². The van der Waals surface area contributed by atoms with Gasteiger partial charge in [0.2, 0.25) is 0 Å². The molecule has 2 aliphatic heterocycles. The Labute approximate surface area is 120 Å². The SMILES string of the molecule is Brc1cc2c(cc1CSCC1CNC1)OCCO2. The van der Waals surface area contributed by atoms with Gasteiger partial charge in [0.1, 0.15) is 13.2 Å². The second-order valence-electron chi connectivity index (χ2n) is 4.63. The van der Waals surface area contributed by atoms with E-state index in [1.807, 2.05) is 17.8 Å². The van der Waals surface area contributed by atoms with Crippen LogP contribution in [0.25, 0.3) is 0 Å². The molecule has 2 aliphatic rings. The highest BCUT2D eigenvalue weighted by Gasteiger charge is 2.18. The summed E-state index contributed by atoms with van der Waals surface area (Å²) in [6.07, 6.45) is 0. The highest BCUT2D eigenvalue weighted by Crippen LogP contribution is 2.37. The second kappa shape index (κ2) is 5.72. The molecular formula is C13H16BrNO2S. The molecule has 0 saturated carbocycles. The molecule has 1 aromatic carbocycles. The largest absolute Gasteiger partial charge is 0.486 e. The molecule has 1 N–H and O–H groups in total. The number of halogens is 1. The van der Waals surface area contributed by atoms with Crippen molar-refractivity contribution in [2.45, 2.75) is 5.75 Å². The van der Waals surface area contributed by atoms with Crippen LogP contribution in [0.15, 0.2) is 16.6 Å². The van der Waals surface area contributed by atoms with Gasteiger partial charge >= 0.3 is 0 Å². The highest BCUT2D eigenvalue weighted by atomic mass is 79.9. The highest BCUT2D eigenvalue weighted by molar-refractivity contribution is 9.10. The van der Waals surface area contributed by atoms with Crippen LogP contribution in [0.3, 0.4) is 0 Å². The molecule has 2 heterocycles. The Hall–Kier alpha value is -0.390. The summed E-state index contributed by atoms with van der Waals surface area (Å²) in [4.78, 5) is 0. The topological polar surface area (TPSA) is 30.5 Å². The van der Waals surface area contributed by atoms with Crippen LogP contribution in [0, 0.1) is 5.92 Å². The first kappa shape index (κ1) is 12.6. The third-order valence-corrected chi connectivity index (χ3v) is 5.15. The third kappa shape index (κ3) is 2.78. The quantitative estimate of drug-likeness (QED) is 0.920. The van der Waals surface area contributed by atoms with E-state index >= 15 is 0 Å². The predicted molar refractivity (Wildman–Crippen MR) is 77.7 cm³/mol. The van der Waals surface area contributed by atoms with Gasteiger partial charge in [0, 0.05) is 10.2 Å². The van der Waals surface area contributed by atoms with Gasteiger partial charge in [0.15, 0.2) is 11.5 Å². The number of nitrogens with one attached hydrogen (secondary N) is 1. The van der Waals surface area contributed by atoms with E-state index in [9.17, 15) is 0 Å². The molecule has 0 atom stereocenters. The average Bonchev–Trinajstić information content (AvgIpc) is 2.32. The van der Waals surface area contributed by atoms with Crippen LogP contribution in [0.1, 0.15) is 5.56 Å². The van der Waals surface area contributed by atoms with Gasteiger partial charge in [-0.25, -0.2) is 0 Å². The summed E-state index contributed by atoms with van der Waals surface area (Å²) in [5, 5.41) is 3.30. The molecule has 3 nitrogen and oxygen atoms in total. The lowest BCUT2D eigenvalue weighted by atomic mass is 10.1. The average molecular weight is 330 g/mol. The zero-order chi connectivity index (χ0) is 12.4. The molecule has 0 radical (unpaired) electrons. The van der Waals surface area contributed by atoms with Crippen molar-refractivity contribution in [3.63, 3.8) is 0 Å². The Balaban J connectivity index is 1.63. The summed E-state index contributed by atoms with van der Waals surface area (Å²) in [5.41, 5.74) is 1.29. The van der Waals surface area contributed by atoms with Crippen molar-refractivity contribution in [3.05, 3.63) is 22.2 Å². The fourth-order valence-electron chi connectivity index (χ4n) is 2.02. The lowest BCUT2D eigenvalue weighted by molar-refractivity contribution is 0.171. The second-order valence-corrected chi connectivity index (χ2v) is 6.51. The molecule has 18 heavy (non-hydrogen) atoms. The zero-order valence-electron chi connectivity index (χ0n) is 10.1. The van der Waals surface area contributed by atoms with Gasteiger partial charge in [-0.15, -0.1) is 0 Å². The van der Waals surface area contributed by atoms with Crippen LogP contribution in [0.4, 0.5) is 0 Å². The lowest BCUT2D eigenvalue weighted by Gasteiger charge is -2.26. The fourth-order valence-corrected chi connectivity index (χ4v) is 3.81. The Kier molecular flexibility index (Phi) is 4.01. The molecule has 0 amide bonds. The van der Waals surface area contributed by atoms with Crippen molar-refractivity contribution in [2.75, 3.05) is 32.1 Å². The maximum absolute atomic E-state index is 5.61. The van der Waals surface area contributed by atoms with E-state index in [4.69, 9.17) is 9.47 Å². The molecule has 0 bridgehead atoms. The minimum atomic E-state index is 0.641. The summed E-state index contributed by atoms with van der Waals surface area (Å²) in [5.74, 6) is 4.84. The number of fused-ring (bicyclic) bond motifs is 1. The summed E-state index contributed by atoms with van der Waals surface area (Å²) in [7, 11) is 0. The molecule has 0 aliphatic carbocycles. The number of hydrogen-bond acceptors (Lipinski definition) is 4. The number of thioether (sulfide) groups is 1. The van der Waals surface area contributed by atoms with E-state index in [0.29, 0.717) is 13.2 Å². The van der Waals surface area contributed by atoms with Gasteiger partial charge in [-0.2, -0.15) is 11.8 Å². The van der Waals surface area contributed by atoms with Gasteiger partial charge in [0.05, 0.1) is 0 Å². The van der Waals surface area contributed by atoms with Crippen LogP contribution >= 0.6 is 27.7 Å². The Morgan fingerprint density at radius 3 is 2.61 bits per heavy atom.